The predicted octanol–water partition coefficient (Wildman–Crippen LogP) is 6.26. The van der Waals surface area contributed by atoms with E-state index in [9.17, 15) is 0 Å². The quantitative estimate of drug-likeness (QED) is 0.383. The van der Waals surface area contributed by atoms with Crippen LogP contribution in [0.4, 0.5) is 0 Å². The predicted molar refractivity (Wildman–Crippen MR) is 116 cm³/mol. The Morgan fingerprint density at radius 1 is 0.931 bits per heavy atom. The molecule has 3 heterocycles. The van der Waals surface area contributed by atoms with Gasteiger partial charge in [-0.2, -0.15) is 0 Å². The van der Waals surface area contributed by atoms with Gasteiger partial charge in [-0.1, -0.05) is 11.6 Å². The van der Waals surface area contributed by atoms with Crippen LogP contribution in [0.25, 0.3) is 44.1 Å². The second kappa shape index (κ2) is 6.64. The Bertz CT molecular complexity index is 1360. The van der Waals surface area contributed by atoms with E-state index in [1.807, 2.05) is 49.8 Å². The molecule has 0 saturated carbocycles. The van der Waals surface area contributed by atoms with Crippen molar-refractivity contribution in [2.45, 2.75) is 0 Å². The highest BCUT2D eigenvalue weighted by Crippen LogP contribution is 2.42. The first-order valence-electron chi connectivity index (χ1n) is 9.16. The minimum Gasteiger partial charge on any atom is -0.497 e. The molecular formula is C23H19ClN2O3. The average molecular weight is 407 g/mol. The Kier molecular flexibility index (Phi) is 4.07. The number of nitrogens with one attached hydrogen (secondary N) is 1. The highest BCUT2D eigenvalue weighted by molar-refractivity contribution is 6.33. The summed E-state index contributed by atoms with van der Waals surface area (Å²) in [7, 11) is 5.29. The molecule has 5 rings (SSSR count). The van der Waals surface area contributed by atoms with Gasteiger partial charge in [-0.3, -0.25) is 0 Å². The summed E-state index contributed by atoms with van der Waals surface area (Å²) in [5.74, 6) is 1.43. The lowest BCUT2D eigenvalue weighted by Gasteiger charge is -2.06. The average Bonchev–Trinajstić information content (AvgIpc) is 3.44. The maximum Gasteiger partial charge on any atom is 0.138 e. The first kappa shape index (κ1) is 17.8. The third-order valence-corrected chi connectivity index (χ3v) is 5.67. The van der Waals surface area contributed by atoms with Gasteiger partial charge < -0.3 is 23.4 Å². The van der Waals surface area contributed by atoms with Crippen molar-refractivity contribution in [2.24, 2.45) is 7.05 Å². The zero-order valence-corrected chi connectivity index (χ0v) is 17.0. The molecule has 1 N–H and O–H groups in total. The van der Waals surface area contributed by atoms with Crippen LogP contribution in [0, 0.1) is 0 Å². The maximum absolute atomic E-state index is 6.34. The van der Waals surface area contributed by atoms with Crippen molar-refractivity contribution in [1.29, 1.82) is 0 Å². The number of aromatic amines is 1. The summed E-state index contributed by atoms with van der Waals surface area (Å²) >= 11 is 6.34. The van der Waals surface area contributed by atoms with Crippen LogP contribution in [0.15, 0.2) is 59.6 Å². The summed E-state index contributed by atoms with van der Waals surface area (Å²) in [5.41, 5.74) is 6.10. The smallest absolute Gasteiger partial charge is 0.138 e. The van der Waals surface area contributed by atoms with E-state index in [0.29, 0.717) is 10.8 Å². The first-order chi connectivity index (χ1) is 14.1. The molecule has 0 amide bonds. The zero-order valence-electron chi connectivity index (χ0n) is 16.2. The van der Waals surface area contributed by atoms with Gasteiger partial charge in [-0.05, 0) is 24.3 Å². The fourth-order valence-electron chi connectivity index (χ4n) is 3.91. The van der Waals surface area contributed by atoms with Crippen LogP contribution in [0.1, 0.15) is 0 Å². The number of aryl methyl sites for hydroxylation is 1. The van der Waals surface area contributed by atoms with Crippen molar-refractivity contribution in [2.75, 3.05) is 14.2 Å². The van der Waals surface area contributed by atoms with Gasteiger partial charge in [0.15, 0.2) is 0 Å². The lowest BCUT2D eigenvalue weighted by molar-refractivity contribution is 0.414. The van der Waals surface area contributed by atoms with Gasteiger partial charge in [-0.15, -0.1) is 0 Å². The molecule has 0 saturated heterocycles. The molecule has 146 valence electrons. The molecule has 0 unspecified atom stereocenters. The maximum atomic E-state index is 6.34. The molecule has 0 bridgehead atoms. The van der Waals surface area contributed by atoms with E-state index in [0.717, 1.165) is 49.9 Å². The molecule has 0 spiro atoms. The lowest BCUT2D eigenvalue weighted by Crippen LogP contribution is -1.87. The second-order valence-electron chi connectivity index (χ2n) is 6.95. The van der Waals surface area contributed by atoms with Gasteiger partial charge in [0.1, 0.15) is 17.1 Å². The minimum atomic E-state index is 0.594. The van der Waals surface area contributed by atoms with E-state index < -0.39 is 0 Å². The number of ether oxygens (including phenoxy) is 2. The number of halogens is 1. The van der Waals surface area contributed by atoms with Gasteiger partial charge in [0.2, 0.25) is 0 Å². The van der Waals surface area contributed by atoms with E-state index in [-0.39, 0.29) is 0 Å². The monoisotopic (exact) mass is 406 g/mol. The molecule has 0 fully saturated rings. The Labute approximate surface area is 172 Å². The first-order valence-corrected chi connectivity index (χ1v) is 9.54. The van der Waals surface area contributed by atoms with Crippen LogP contribution >= 0.6 is 11.6 Å². The SMILES string of the molecule is COc1ccc2c(-c3c[nH]cc3-c3cn(C)c4cc(Cl)c(OC)cc34)coc2c1. The largest absolute Gasteiger partial charge is 0.497 e. The molecule has 0 aliphatic heterocycles. The number of fused-ring (bicyclic) bond motifs is 2. The third kappa shape index (κ3) is 2.69. The Morgan fingerprint density at radius 2 is 1.72 bits per heavy atom. The molecule has 5 aromatic rings. The number of benzene rings is 2. The van der Waals surface area contributed by atoms with E-state index in [1.165, 1.54) is 0 Å². The van der Waals surface area contributed by atoms with Crippen molar-refractivity contribution >= 4 is 33.5 Å². The molecule has 0 atom stereocenters. The van der Waals surface area contributed by atoms with Crippen LogP contribution in [-0.2, 0) is 7.05 Å². The molecule has 0 radical (unpaired) electrons. The van der Waals surface area contributed by atoms with Gasteiger partial charge in [0.05, 0.1) is 31.0 Å². The van der Waals surface area contributed by atoms with Crippen molar-refractivity contribution in [3.05, 3.63) is 60.2 Å². The van der Waals surface area contributed by atoms with Gasteiger partial charge >= 0.3 is 0 Å². The number of hydrogen-bond acceptors (Lipinski definition) is 3. The summed E-state index contributed by atoms with van der Waals surface area (Å²) < 4.78 is 18.6. The van der Waals surface area contributed by atoms with Crippen LogP contribution in [0.5, 0.6) is 11.5 Å². The van der Waals surface area contributed by atoms with Crippen LogP contribution < -0.4 is 9.47 Å². The summed E-state index contributed by atoms with van der Waals surface area (Å²) in [6.45, 7) is 0. The lowest BCUT2D eigenvalue weighted by atomic mass is 9.98. The topological polar surface area (TPSA) is 52.3 Å². The Balaban J connectivity index is 1.72. The van der Waals surface area contributed by atoms with Gasteiger partial charge in [0, 0.05) is 64.7 Å². The number of rotatable bonds is 4. The summed E-state index contributed by atoms with van der Waals surface area (Å²) in [4.78, 5) is 3.25. The fraction of sp³-hybridized carbons (Fsp3) is 0.130. The van der Waals surface area contributed by atoms with Gasteiger partial charge in [0.25, 0.3) is 0 Å². The molecule has 0 aliphatic carbocycles. The van der Waals surface area contributed by atoms with Crippen molar-refractivity contribution < 1.29 is 13.9 Å². The number of hydrogen-bond donors (Lipinski definition) is 1. The van der Waals surface area contributed by atoms with Crippen molar-refractivity contribution in [3.63, 3.8) is 0 Å². The molecular weight excluding hydrogens is 388 g/mol. The van der Waals surface area contributed by atoms with Gasteiger partial charge in [-0.25, -0.2) is 0 Å². The van der Waals surface area contributed by atoms with Crippen LogP contribution in [-0.4, -0.2) is 23.8 Å². The zero-order chi connectivity index (χ0) is 20.1. The molecule has 0 aliphatic rings. The molecule has 3 aromatic heterocycles. The Morgan fingerprint density at radius 3 is 2.48 bits per heavy atom. The number of nitrogens with zero attached hydrogens (tertiary/aromatic N) is 1. The van der Waals surface area contributed by atoms with E-state index >= 15 is 0 Å². The fourth-order valence-corrected chi connectivity index (χ4v) is 4.14. The van der Waals surface area contributed by atoms with Crippen LogP contribution in [0.3, 0.4) is 0 Å². The summed E-state index contributed by atoms with van der Waals surface area (Å²) in [6.07, 6.45) is 7.90. The minimum absolute atomic E-state index is 0.594. The molecule has 2 aromatic carbocycles. The Hall–Kier alpha value is -3.31. The van der Waals surface area contributed by atoms with Crippen molar-refractivity contribution in [1.82, 2.24) is 9.55 Å². The summed E-state index contributed by atoms with van der Waals surface area (Å²) in [6, 6.07) is 9.79. The highest BCUT2D eigenvalue weighted by atomic mass is 35.5. The van der Waals surface area contributed by atoms with Crippen LogP contribution in [0.2, 0.25) is 5.02 Å². The molecule has 29 heavy (non-hydrogen) atoms. The summed E-state index contributed by atoms with van der Waals surface area (Å²) in [5, 5.41) is 2.70. The standard InChI is InChI=1S/C23H19ClN2O3/c1-26-11-18(15-7-23(28-3)20(24)8-21(15)26)16-9-25-10-17(16)19-12-29-22-6-13(27-2)4-5-14(19)22/h4-12,25H,1-3H3. The number of H-pyrrole nitrogens is 1. The molecule has 5 nitrogen and oxygen atoms in total. The molecule has 6 heteroatoms. The number of furan rings is 1. The third-order valence-electron chi connectivity index (χ3n) is 5.37. The highest BCUT2D eigenvalue weighted by Gasteiger charge is 2.19. The van der Waals surface area contributed by atoms with E-state index in [4.69, 9.17) is 25.5 Å². The normalized spacial score (nSPS) is 11.4. The van der Waals surface area contributed by atoms with Crippen molar-refractivity contribution in [3.8, 4) is 33.8 Å². The van der Waals surface area contributed by atoms with E-state index in [2.05, 4.69) is 15.7 Å². The number of methoxy groups -OCH3 is 2. The second-order valence-corrected chi connectivity index (χ2v) is 7.36. The number of aromatic nitrogens is 2. The van der Waals surface area contributed by atoms with E-state index in [1.54, 1.807) is 20.5 Å².